The van der Waals surface area contributed by atoms with Crippen molar-refractivity contribution < 1.29 is 4.79 Å². The van der Waals surface area contributed by atoms with E-state index in [1.165, 1.54) is 0 Å². The highest BCUT2D eigenvalue weighted by atomic mass is 79.9. The van der Waals surface area contributed by atoms with Crippen LogP contribution in [0.15, 0.2) is 16.7 Å². The van der Waals surface area contributed by atoms with Gasteiger partial charge >= 0.3 is 6.03 Å². The van der Waals surface area contributed by atoms with Gasteiger partial charge in [0.05, 0.1) is 0 Å². The zero-order valence-electron chi connectivity index (χ0n) is 7.75. The average molecular weight is 256 g/mol. The smallest absolute Gasteiger partial charge is 0.323 e. The number of rotatable bonds is 1. The molecule has 1 aromatic rings. The minimum absolute atomic E-state index is 0.0667. The number of pyridine rings is 1. The topological polar surface area (TPSA) is 45.2 Å². The van der Waals surface area contributed by atoms with E-state index in [1.54, 1.807) is 11.1 Å². The molecule has 2 rings (SSSR count). The predicted molar refractivity (Wildman–Crippen MR) is 57.4 cm³/mol. The van der Waals surface area contributed by atoms with E-state index in [1.807, 2.05) is 13.0 Å². The average Bonchev–Trinajstić information content (AvgIpc) is 2.52. The van der Waals surface area contributed by atoms with E-state index in [2.05, 4.69) is 26.2 Å². The van der Waals surface area contributed by atoms with Gasteiger partial charge in [0.15, 0.2) is 0 Å². The zero-order chi connectivity index (χ0) is 10.1. The number of hydrogen-bond donors (Lipinski definition) is 1. The predicted octanol–water partition coefficient (Wildman–Crippen LogP) is 1.68. The maximum Gasteiger partial charge on any atom is 0.323 e. The van der Waals surface area contributed by atoms with E-state index in [0.717, 1.165) is 15.9 Å². The Hall–Kier alpha value is -1.10. The van der Waals surface area contributed by atoms with Gasteiger partial charge in [0.1, 0.15) is 5.82 Å². The number of carbonyl (C=O) groups excluding carboxylic acids is 1. The molecule has 0 unspecified atom stereocenters. The van der Waals surface area contributed by atoms with Gasteiger partial charge < -0.3 is 5.32 Å². The van der Waals surface area contributed by atoms with Crippen molar-refractivity contribution in [2.75, 3.05) is 18.0 Å². The van der Waals surface area contributed by atoms with Crippen molar-refractivity contribution in [3.63, 3.8) is 0 Å². The molecule has 14 heavy (non-hydrogen) atoms. The fraction of sp³-hybridized carbons (Fsp3) is 0.333. The standard InChI is InChI=1S/C9H10BrN3O/c1-6-4-7(10)5-12-8(6)13-3-2-11-9(13)14/h4-5H,2-3H2,1H3,(H,11,14). The number of amides is 2. The Kier molecular flexibility index (Phi) is 2.41. The molecule has 2 amide bonds. The quantitative estimate of drug-likeness (QED) is 0.830. The Morgan fingerprint density at radius 2 is 2.43 bits per heavy atom. The van der Waals surface area contributed by atoms with Crippen LogP contribution in [0.5, 0.6) is 0 Å². The van der Waals surface area contributed by atoms with Gasteiger partial charge in [0, 0.05) is 23.8 Å². The van der Waals surface area contributed by atoms with Crippen LogP contribution < -0.4 is 10.2 Å². The number of nitrogens with zero attached hydrogens (tertiary/aromatic N) is 2. The molecule has 1 saturated heterocycles. The second-order valence-corrected chi connectivity index (χ2v) is 4.09. The summed E-state index contributed by atoms with van der Waals surface area (Å²) in [4.78, 5) is 17.3. The van der Waals surface area contributed by atoms with Gasteiger partial charge in [-0.1, -0.05) is 0 Å². The summed E-state index contributed by atoms with van der Waals surface area (Å²) in [7, 11) is 0. The Bertz CT molecular complexity index is 380. The Balaban J connectivity index is 2.36. The summed E-state index contributed by atoms with van der Waals surface area (Å²) < 4.78 is 0.929. The molecule has 4 nitrogen and oxygen atoms in total. The van der Waals surface area contributed by atoms with Gasteiger partial charge in [-0.15, -0.1) is 0 Å². The van der Waals surface area contributed by atoms with Crippen molar-refractivity contribution in [3.05, 3.63) is 22.3 Å². The van der Waals surface area contributed by atoms with E-state index < -0.39 is 0 Å². The summed E-state index contributed by atoms with van der Waals surface area (Å²) in [5, 5.41) is 2.75. The first kappa shape index (κ1) is 9.45. The minimum atomic E-state index is -0.0667. The summed E-state index contributed by atoms with van der Waals surface area (Å²) in [6.07, 6.45) is 1.70. The second-order valence-electron chi connectivity index (χ2n) is 3.18. The third-order valence-corrected chi connectivity index (χ3v) is 2.56. The van der Waals surface area contributed by atoms with Crippen molar-refractivity contribution in [2.24, 2.45) is 0 Å². The van der Waals surface area contributed by atoms with Crippen LogP contribution in [0.4, 0.5) is 10.6 Å². The van der Waals surface area contributed by atoms with Gasteiger partial charge in [-0.3, -0.25) is 4.90 Å². The largest absolute Gasteiger partial charge is 0.336 e. The number of urea groups is 1. The summed E-state index contributed by atoms with van der Waals surface area (Å²) in [6, 6.07) is 1.89. The van der Waals surface area contributed by atoms with E-state index in [-0.39, 0.29) is 6.03 Å². The lowest BCUT2D eigenvalue weighted by molar-refractivity contribution is 0.252. The molecule has 0 atom stereocenters. The second kappa shape index (κ2) is 3.57. The van der Waals surface area contributed by atoms with Crippen LogP contribution in [0.1, 0.15) is 5.56 Å². The molecule has 0 aromatic carbocycles. The number of aromatic nitrogens is 1. The van der Waals surface area contributed by atoms with Crippen LogP contribution in [0, 0.1) is 6.92 Å². The fourth-order valence-electron chi connectivity index (χ4n) is 1.49. The first-order valence-corrected chi connectivity index (χ1v) is 5.15. The molecule has 1 aromatic heterocycles. The molecular weight excluding hydrogens is 246 g/mol. The van der Waals surface area contributed by atoms with E-state index >= 15 is 0 Å². The van der Waals surface area contributed by atoms with E-state index in [9.17, 15) is 4.79 Å². The van der Waals surface area contributed by atoms with Crippen molar-refractivity contribution >= 4 is 27.8 Å². The Morgan fingerprint density at radius 3 is 3.00 bits per heavy atom. The first-order valence-electron chi connectivity index (χ1n) is 4.36. The molecule has 1 fully saturated rings. The van der Waals surface area contributed by atoms with Crippen LogP contribution in [-0.2, 0) is 0 Å². The Labute approximate surface area is 90.4 Å². The summed E-state index contributed by atoms with van der Waals surface area (Å²) in [5.74, 6) is 0.739. The van der Waals surface area contributed by atoms with Gasteiger partial charge in [0.25, 0.3) is 0 Å². The van der Waals surface area contributed by atoms with Crippen molar-refractivity contribution in [3.8, 4) is 0 Å². The van der Waals surface area contributed by atoms with Crippen LogP contribution in [0.25, 0.3) is 0 Å². The summed E-state index contributed by atoms with van der Waals surface area (Å²) in [5.41, 5.74) is 0.997. The highest BCUT2D eigenvalue weighted by molar-refractivity contribution is 9.10. The molecule has 0 bridgehead atoms. The molecule has 0 radical (unpaired) electrons. The lowest BCUT2D eigenvalue weighted by Gasteiger charge is -2.15. The molecular formula is C9H10BrN3O. The van der Waals surface area contributed by atoms with Crippen molar-refractivity contribution in [1.82, 2.24) is 10.3 Å². The molecule has 74 valence electrons. The molecule has 1 N–H and O–H groups in total. The number of hydrogen-bond acceptors (Lipinski definition) is 2. The van der Waals surface area contributed by atoms with E-state index in [0.29, 0.717) is 13.1 Å². The number of nitrogens with one attached hydrogen (secondary N) is 1. The van der Waals surface area contributed by atoms with Gasteiger partial charge in [-0.05, 0) is 34.5 Å². The van der Waals surface area contributed by atoms with E-state index in [4.69, 9.17) is 0 Å². The van der Waals surface area contributed by atoms with Gasteiger partial charge in [-0.2, -0.15) is 0 Å². The maximum absolute atomic E-state index is 11.4. The van der Waals surface area contributed by atoms with Crippen LogP contribution in [-0.4, -0.2) is 24.1 Å². The Morgan fingerprint density at radius 1 is 1.64 bits per heavy atom. The third kappa shape index (κ3) is 1.59. The van der Waals surface area contributed by atoms with Crippen LogP contribution in [0.3, 0.4) is 0 Å². The molecule has 2 heterocycles. The van der Waals surface area contributed by atoms with Crippen LogP contribution >= 0.6 is 15.9 Å². The maximum atomic E-state index is 11.4. The monoisotopic (exact) mass is 255 g/mol. The molecule has 0 spiro atoms. The number of anilines is 1. The number of halogens is 1. The fourth-order valence-corrected chi connectivity index (χ4v) is 1.94. The lowest BCUT2D eigenvalue weighted by atomic mass is 10.3. The first-order chi connectivity index (χ1) is 6.68. The minimum Gasteiger partial charge on any atom is -0.336 e. The highest BCUT2D eigenvalue weighted by Crippen LogP contribution is 2.21. The molecule has 1 aliphatic rings. The summed E-state index contributed by atoms with van der Waals surface area (Å²) >= 11 is 3.34. The van der Waals surface area contributed by atoms with Crippen molar-refractivity contribution in [1.29, 1.82) is 0 Å². The normalized spacial score (nSPS) is 15.9. The number of aryl methyl sites for hydroxylation is 1. The SMILES string of the molecule is Cc1cc(Br)cnc1N1CCNC1=O. The molecule has 5 heteroatoms. The molecule has 0 aliphatic carbocycles. The summed E-state index contributed by atoms with van der Waals surface area (Å²) in [6.45, 7) is 3.32. The zero-order valence-corrected chi connectivity index (χ0v) is 9.34. The lowest BCUT2D eigenvalue weighted by Crippen LogP contribution is -2.29. The number of carbonyl (C=O) groups is 1. The highest BCUT2D eigenvalue weighted by Gasteiger charge is 2.23. The van der Waals surface area contributed by atoms with Gasteiger partial charge in [-0.25, -0.2) is 9.78 Å². The molecule has 1 aliphatic heterocycles. The van der Waals surface area contributed by atoms with Gasteiger partial charge in [0.2, 0.25) is 0 Å². The third-order valence-electron chi connectivity index (χ3n) is 2.13. The van der Waals surface area contributed by atoms with Crippen LogP contribution in [0.2, 0.25) is 0 Å². The van der Waals surface area contributed by atoms with Crippen molar-refractivity contribution in [2.45, 2.75) is 6.92 Å². The molecule has 0 saturated carbocycles.